The van der Waals surface area contributed by atoms with Crippen molar-refractivity contribution in [3.63, 3.8) is 0 Å². The fourth-order valence-corrected chi connectivity index (χ4v) is 3.85. The van der Waals surface area contributed by atoms with Crippen LogP contribution in [-0.2, 0) is 0 Å². The lowest BCUT2D eigenvalue weighted by Crippen LogP contribution is -2.35. The van der Waals surface area contributed by atoms with Gasteiger partial charge in [0.1, 0.15) is 0 Å². The molecule has 1 heterocycles. The van der Waals surface area contributed by atoms with Crippen LogP contribution in [0, 0.1) is 5.92 Å². The van der Waals surface area contributed by atoms with Crippen LogP contribution in [-0.4, -0.2) is 24.5 Å². The molecule has 0 amide bonds. The van der Waals surface area contributed by atoms with E-state index in [1.54, 1.807) is 0 Å². The van der Waals surface area contributed by atoms with E-state index in [1.165, 1.54) is 35.0 Å². The van der Waals surface area contributed by atoms with Crippen LogP contribution < -0.4 is 5.73 Å². The molecule has 102 valence electrons. The third kappa shape index (κ3) is 2.69. The van der Waals surface area contributed by atoms with E-state index in [0.29, 0.717) is 12.6 Å². The zero-order chi connectivity index (χ0) is 13.2. The second-order valence-corrected chi connectivity index (χ2v) is 6.38. The highest BCUT2D eigenvalue weighted by Crippen LogP contribution is 2.36. The van der Waals surface area contributed by atoms with Gasteiger partial charge in [-0.05, 0) is 47.7 Å². The number of likely N-dealkylation sites (N-methyl/N-ethyl adjacent to an activating group) is 1. The second-order valence-electron chi connectivity index (χ2n) is 5.47. The molecule has 1 atom stereocenters. The van der Waals surface area contributed by atoms with Crippen LogP contribution in [0.5, 0.6) is 0 Å². The van der Waals surface area contributed by atoms with Gasteiger partial charge in [0.2, 0.25) is 0 Å². The van der Waals surface area contributed by atoms with E-state index in [1.807, 2.05) is 11.3 Å². The lowest BCUT2D eigenvalue weighted by Gasteiger charge is -2.30. The average molecular weight is 274 g/mol. The van der Waals surface area contributed by atoms with Gasteiger partial charge in [0.05, 0.1) is 0 Å². The highest BCUT2D eigenvalue weighted by Gasteiger charge is 2.28. The van der Waals surface area contributed by atoms with Gasteiger partial charge in [0.15, 0.2) is 0 Å². The topological polar surface area (TPSA) is 29.3 Å². The van der Waals surface area contributed by atoms with E-state index >= 15 is 0 Å². The molecule has 2 aromatic rings. The van der Waals surface area contributed by atoms with E-state index in [9.17, 15) is 0 Å². The zero-order valence-electron chi connectivity index (χ0n) is 11.5. The molecule has 3 heteroatoms. The Labute approximate surface area is 119 Å². The van der Waals surface area contributed by atoms with E-state index in [4.69, 9.17) is 5.73 Å². The SMILES string of the molecule is CCN(CC1CC1)C(CN)c1csc2ccccc12. The first kappa shape index (κ1) is 13.1. The van der Waals surface area contributed by atoms with Gasteiger partial charge in [0, 0.05) is 23.8 Å². The molecule has 1 aliphatic rings. The van der Waals surface area contributed by atoms with Crippen molar-refractivity contribution >= 4 is 21.4 Å². The quantitative estimate of drug-likeness (QED) is 0.871. The number of nitrogens with two attached hydrogens (primary N) is 1. The molecule has 0 spiro atoms. The van der Waals surface area contributed by atoms with Crippen LogP contribution in [0.15, 0.2) is 29.6 Å². The van der Waals surface area contributed by atoms with Crippen LogP contribution in [0.2, 0.25) is 0 Å². The number of thiophene rings is 1. The number of nitrogens with zero attached hydrogens (tertiary/aromatic N) is 1. The molecule has 0 saturated heterocycles. The summed E-state index contributed by atoms with van der Waals surface area (Å²) >= 11 is 1.84. The van der Waals surface area contributed by atoms with Crippen LogP contribution in [0.4, 0.5) is 0 Å². The maximum Gasteiger partial charge on any atom is 0.0484 e. The maximum atomic E-state index is 6.09. The van der Waals surface area contributed by atoms with Crippen LogP contribution in [0.1, 0.15) is 31.4 Å². The minimum Gasteiger partial charge on any atom is -0.329 e. The third-order valence-electron chi connectivity index (χ3n) is 4.13. The summed E-state index contributed by atoms with van der Waals surface area (Å²) in [5.74, 6) is 0.916. The van der Waals surface area contributed by atoms with Crippen molar-refractivity contribution in [2.75, 3.05) is 19.6 Å². The van der Waals surface area contributed by atoms with Crippen molar-refractivity contribution in [3.8, 4) is 0 Å². The Morgan fingerprint density at radius 1 is 1.37 bits per heavy atom. The molecule has 1 aromatic heterocycles. The van der Waals surface area contributed by atoms with Crippen molar-refractivity contribution in [2.45, 2.75) is 25.8 Å². The molecule has 1 unspecified atom stereocenters. The Hall–Kier alpha value is -0.900. The lowest BCUT2D eigenvalue weighted by molar-refractivity contribution is 0.205. The Balaban J connectivity index is 1.91. The summed E-state index contributed by atoms with van der Waals surface area (Å²) < 4.78 is 1.37. The molecule has 0 bridgehead atoms. The summed E-state index contributed by atoms with van der Waals surface area (Å²) in [5.41, 5.74) is 7.51. The molecule has 1 aliphatic carbocycles. The molecule has 1 fully saturated rings. The van der Waals surface area contributed by atoms with Crippen molar-refractivity contribution in [1.82, 2.24) is 4.90 Å². The Kier molecular flexibility index (Phi) is 3.87. The monoisotopic (exact) mass is 274 g/mol. The molecule has 2 N–H and O–H groups in total. The van der Waals surface area contributed by atoms with Crippen LogP contribution >= 0.6 is 11.3 Å². The van der Waals surface area contributed by atoms with E-state index < -0.39 is 0 Å². The molecule has 19 heavy (non-hydrogen) atoms. The molecular formula is C16H22N2S. The van der Waals surface area contributed by atoms with Gasteiger partial charge in [0.25, 0.3) is 0 Å². The van der Waals surface area contributed by atoms with Crippen LogP contribution in [0.25, 0.3) is 10.1 Å². The van der Waals surface area contributed by atoms with Crippen molar-refractivity contribution in [2.24, 2.45) is 11.7 Å². The molecule has 2 nitrogen and oxygen atoms in total. The highest BCUT2D eigenvalue weighted by molar-refractivity contribution is 7.17. The minimum absolute atomic E-state index is 0.377. The summed E-state index contributed by atoms with van der Waals surface area (Å²) in [4.78, 5) is 2.56. The summed E-state index contributed by atoms with van der Waals surface area (Å²) in [7, 11) is 0. The zero-order valence-corrected chi connectivity index (χ0v) is 12.3. The van der Waals surface area contributed by atoms with Gasteiger partial charge >= 0.3 is 0 Å². The molecule has 1 saturated carbocycles. The minimum atomic E-state index is 0.377. The Morgan fingerprint density at radius 3 is 2.84 bits per heavy atom. The van der Waals surface area contributed by atoms with Gasteiger partial charge < -0.3 is 5.73 Å². The largest absolute Gasteiger partial charge is 0.329 e. The lowest BCUT2D eigenvalue weighted by atomic mass is 10.0. The van der Waals surface area contributed by atoms with Gasteiger partial charge in [-0.15, -0.1) is 11.3 Å². The Morgan fingerprint density at radius 2 is 2.16 bits per heavy atom. The fraction of sp³-hybridized carbons (Fsp3) is 0.500. The number of rotatable bonds is 6. The number of fused-ring (bicyclic) bond motifs is 1. The Bertz CT molecular complexity index is 544. The molecule has 0 radical (unpaired) electrons. The normalized spacial score (nSPS) is 17.2. The van der Waals surface area contributed by atoms with Gasteiger partial charge in [-0.2, -0.15) is 0 Å². The smallest absolute Gasteiger partial charge is 0.0484 e. The van der Waals surface area contributed by atoms with E-state index in [-0.39, 0.29) is 0 Å². The predicted octanol–water partition coefficient (Wildman–Crippen LogP) is 3.63. The summed E-state index contributed by atoms with van der Waals surface area (Å²) in [6.45, 7) is 5.26. The molecule has 1 aromatic carbocycles. The first-order valence-corrected chi connectivity index (χ1v) is 8.11. The highest BCUT2D eigenvalue weighted by atomic mass is 32.1. The third-order valence-corrected chi connectivity index (χ3v) is 5.11. The van der Waals surface area contributed by atoms with Crippen LogP contribution in [0.3, 0.4) is 0 Å². The number of hydrogen-bond acceptors (Lipinski definition) is 3. The van der Waals surface area contributed by atoms with Gasteiger partial charge in [-0.3, -0.25) is 4.90 Å². The molecule has 0 aliphatic heterocycles. The van der Waals surface area contributed by atoms with Gasteiger partial charge in [-0.25, -0.2) is 0 Å². The first-order chi connectivity index (χ1) is 9.33. The standard InChI is InChI=1S/C16H22N2S/c1-2-18(10-12-7-8-12)15(9-17)14-11-19-16-6-4-3-5-13(14)16/h3-6,11-12,15H,2,7-10,17H2,1H3. The number of hydrogen-bond donors (Lipinski definition) is 1. The summed E-state index contributed by atoms with van der Waals surface area (Å²) in [6.07, 6.45) is 2.80. The number of benzene rings is 1. The second kappa shape index (κ2) is 5.61. The summed E-state index contributed by atoms with van der Waals surface area (Å²) in [6, 6.07) is 9.05. The van der Waals surface area contributed by atoms with Crippen molar-refractivity contribution < 1.29 is 0 Å². The van der Waals surface area contributed by atoms with Gasteiger partial charge in [-0.1, -0.05) is 25.1 Å². The van der Waals surface area contributed by atoms with E-state index in [0.717, 1.165) is 12.5 Å². The average Bonchev–Trinajstić information content (AvgIpc) is 3.17. The van der Waals surface area contributed by atoms with E-state index in [2.05, 4.69) is 41.5 Å². The van der Waals surface area contributed by atoms with Crippen molar-refractivity contribution in [3.05, 3.63) is 35.2 Å². The molecular weight excluding hydrogens is 252 g/mol. The van der Waals surface area contributed by atoms with Crippen molar-refractivity contribution in [1.29, 1.82) is 0 Å². The molecule has 3 rings (SSSR count). The maximum absolute atomic E-state index is 6.09. The summed E-state index contributed by atoms with van der Waals surface area (Å²) in [5, 5.41) is 3.69. The fourth-order valence-electron chi connectivity index (χ4n) is 2.84. The predicted molar refractivity (Wildman–Crippen MR) is 83.6 cm³/mol. The first-order valence-electron chi connectivity index (χ1n) is 7.23.